The summed E-state index contributed by atoms with van der Waals surface area (Å²) in [7, 11) is 1.66. The maximum atomic E-state index is 5.13. The minimum absolute atomic E-state index is 0.844. The van der Waals surface area contributed by atoms with Gasteiger partial charge in [0.2, 0.25) is 0 Å². The van der Waals surface area contributed by atoms with E-state index >= 15 is 0 Å². The van der Waals surface area contributed by atoms with Gasteiger partial charge in [0, 0.05) is 12.3 Å². The molecule has 0 atom stereocenters. The number of nitrogens with zero attached hydrogens (tertiary/aromatic N) is 3. The lowest BCUT2D eigenvalue weighted by molar-refractivity contribution is 0.415. The number of rotatable bonds is 3. The molecular weight excluding hydrogens is 238 g/mol. The molecule has 0 saturated heterocycles. The van der Waals surface area contributed by atoms with Crippen molar-refractivity contribution in [2.75, 3.05) is 7.11 Å². The molecule has 0 aliphatic rings. The van der Waals surface area contributed by atoms with Crippen LogP contribution in [-0.4, -0.2) is 21.7 Å². The Morgan fingerprint density at radius 3 is 2.63 bits per heavy atom. The number of methoxy groups -OCH3 is 1. The molecule has 1 aromatic carbocycles. The summed E-state index contributed by atoms with van der Waals surface area (Å²) in [5.41, 5.74) is 2.95. The third-order valence-electron chi connectivity index (χ3n) is 2.88. The van der Waals surface area contributed by atoms with E-state index in [1.54, 1.807) is 24.0 Å². The van der Waals surface area contributed by atoms with Crippen molar-refractivity contribution in [1.82, 2.24) is 14.6 Å². The summed E-state index contributed by atoms with van der Waals surface area (Å²) in [5.74, 6) is 0.857. The van der Waals surface area contributed by atoms with E-state index < -0.39 is 0 Å². The van der Waals surface area contributed by atoms with E-state index in [1.807, 2.05) is 48.6 Å². The van der Waals surface area contributed by atoms with Gasteiger partial charge in [0.1, 0.15) is 5.75 Å². The van der Waals surface area contributed by atoms with Gasteiger partial charge >= 0.3 is 0 Å². The Bertz CT molecular complexity index is 714. The normalized spacial score (nSPS) is 11.2. The predicted octanol–water partition coefficient (Wildman–Crippen LogP) is 2.91. The molecule has 94 valence electrons. The van der Waals surface area contributed by atoms with Crippen LogP contribution in [0.3, 0.4) is 0 Å². The Hall–Kier alpha value is -2.62. The first-order valence-corrected chi connectivity index (χ1v) is 5.98. The summed E-state index contributed by atoms with van der Waals surface area (Å²) in [5, 5.41) is 4.24. The molecular formula is C15H13N3O. The topological polar surface area (TPSA) is 39.4 Å². The molecule has 2 heterocycles. The Morgan fingerprint density at radius 2 is 1.84 bits per heavy atom. The first-order chi connectivity index (χ1) is 9.36. The van der Waals surface area contributed by atoms with Crippen molar-refractivity contribution in [2.45, 2.75) is 0 Å². The first-order valence-electron chi connectivity index (χ1n) is 5.98. The highest BCUT2D eigenvalue weighted by Gasteiger charge is 1.98. The molecule has 0 amide bonds. The van der Waals surface area contributed by atoms with Crippen molar-refractivity contribution in [1.29, 1.82) is 0 Å². The molecule has 4 nitrogen and oxygen atoms in total. The van der Waals surface area contributed by atoms with Gasteiger partial charge in [0.15, 0.2) is 5.65 Å². The van der Waals surface area contributed by atoms with Gasteiger partial charge in [0.25, 0.3) is 0 Å². The molecule has 0 spiro atoms. The zero-order valence-corrected chi connectivity index (χ0v) is 10.5. The highest BCUT2D eigenvalue weighted by Crippen LogP contribution is 2.14. The zero-order chi connectivity index (χ0) is 13.1. The Balaban J connectivity index is 1.91. The average molecular weight is 251 g/mol. The summed E-state index contributed by atoms with van der Waals surface area (Å²) >= 11 is 0. The van der Waals surface area contributed by atoms with E-state index in [1.165, 1.54) is 0 Å². The molecule has 0 saturated carbocycles. The second-order valence-electron chi connectivity index (χ2n) is 4.08. The van der Waals surface area contributed by atoms with Gasteiger partial charge in [-0.15, -0.1) is 0 Å². The number of fused-ring (bicyclic) bond motifs is 1. The van der Waals surface area contributed by atoms with Crippen LogP contribution in [0.5, 0.6) is 5.75 Å². The fourth-order valence-electron chi connectivity index (χ4n) is 1.88. The van der Waals surface area contributed by atoms with Crippen molar-refractivity contribution >= 4 is 17.8 Å². The lowest BCUT2D eigenvalue weighted by Gasteiger charge is -2.00. The minimum atomic E-state index is 0.844. The second kappa shape index (κ2) is 4.94. The summed E-state index contributed by atoms with van der Waals surface area (Å²) in [6.45, 7) is 0. The second-order valence-corrected chi connectivity index (χ2v) is 4.08. The van der Waals surface area contributed by atoms with Gasteiger partial charge in [-0.25, -0.2) is 9.50 Å². The SMILES string of the molecule is COc1ccc(/C=C/c2ccnc3ccnn23)cc1. The maximum Gasteiger partial charge on any atom is 0.155 e. The van der Waals surface area contributed by atoms with E-state index in [0.717, 1.165) is 22.7 Å². The molecule has 0 unspecified atom stereocenters. The largest absolute Gasteiger partial charge is 0.497 e. The van der Waals surface area contributed by atoms with Crippen LogP contribution >= 0.6 is 0 Å². The van der Waals surface area contributed by atoms with Crippen LogP contribution in [0.25, 0.3) is 17.8 Å². The summed E-state index contributed by atoms with van der Waals surface area (Å²) in [4.78, 5) is 4.23. The quantitative estimate of drug-likeness (QED) is 0.718. The Labute approximate surface area is 111 Å². The standard InChI is InChI=1S/C15H13N3O/c1-19-14-6-3-12(4-7-14)2-5-13-8-10-16-15-9-11-17-18(13)15/h2-11H,1H3/b5-2+. The third-order valence-corrected chi connectivity index (χ3v) is 2.88. The fraction of sp³-hybridized carbons (Fsp3) is 0.0667. The fourth-order valence-corrected chi connectivity index (χ4v) is 1.88. The minimum Gasteiger partial charge on any atom is -0.497 e. The molecule has 0 aliphatic heterocycles. The van der Waals surface area contributed by atoms with Gasteiger partial charge in [0.05, 0.1) is 19.0 Å². The van der Waals surface area contributed by atoms with Gasteiger partial charge in [-0.05, 0) is 29.8 Å². The molecule has 0 fully saturated rings. The number of aromatic nitrogens is 3. The monoisotopic (exact) mass is 251 g/mol. The van der Waals surface area contributed by atoms with Crippen molar-refractivity contribution < 1.29 is 4.74 Å². The maximum absolute atomic E-state index is 5.13. The van der Waals surface area contributed by atoms with Gasteiger partial charge in [-0.1, -0.05) is 18.2 Å². The van der Waals surface area contributed by atoms with Crippen molar-refractivity contribution in [3.63, 3.8) is 0 Å². The van der Waals surface area contributed by atoms with Crippen LogP contribution < -0.4 is 4.74 Å². The van der Waals surface area contributed by atoms with E-state index in [9.17, 15) is 0 Å². The summed E-state index contributed by atoms with van der Waals surface area (Å²) < 4.78 is 6.94. The van der Waals surface area contributed by atoms with E-state index in [-0.39, 0.29) is 0 Å². The van der Waals surface area contributed by atoms with Crippen LogP contribution in [0.4, 0.5) is 0 Å². The van der Waals surface area contributed by atoms with Crippen molar-refractivity contribution in [3.05, 3.63) is 60.0 Å². The molecule has 0 radical (unpaired) electrons. The molecule has 0 N–H and O–H groups in total. The van der Waals surface area contributed by atoms with Crippen LogP contribution in [0, 0.1) is 0 Å². The van der Waals surface area contributed by atoms with E-state index in [4.69, 9.17) is 4.74 Å². The third kappa shape index (κ3) is 2.33. The van der Waals surface area contributed by atoms with E-state index in [2.05, 4.69) is 10.1 Å². The van der Waals surface area contributed by atoms with Crippen molar-refractivity contribution in [2.24, 2.45) is 0 Å². The van der Waals surface area contributed by atoms with E-state index in [0.29, 0.717) is 0 Å². The molecule has 0 bridgehead atoms. The molecule has 3 aromatic rings. The zero-order valence-electron chi connectivity index (χ0n) is 10.5. The smallest absolute Gasteiger partial charge is 0.155 e. The lowest BCUT2D eigenvalue weighted by Crippen LogP contribution is -1.93. The lowest BCUT2D eigenvalue weighted by atomic mass is 10.2. The van der Waals surface area contributed by atoms with Crippen LogP contribution in [0.15, 0.2) is 48.8 Å². The highest BCUT2D eigenvalue weighted by molar-refractivity contribution is 5.69. The Kier molecular flexibility index (Phi) is 2.98. The van der Waals surface area contributed by atoms with Gasteiger partial charge < -0.3 is 4.74 Å². The number of hydrogen-bond donors (Lipinski definition) is 0. The molecule has 19 heavy (non-hydrogen) atoms. The molecule has 2 aromatic heterocycles. The number of ether oxygens (including phenoxy) is 1. The number of hydrogen-bond acceptors (Lipinski definition) is 3. The van der Waals surface area contributed by atoms with Gasteiger partial charge in [-0.3, -0.25) is 0 Å². The first kappa shape index (κ1) is 11.5. The molecule has 3 rings (SSSR count). The molecule has 4 heteroatoms. The van der Waals surface area contributed by atoms with Crippen LogP contribution in [0.1, 0.15) is 11.3 Å². The Morgan fingerprint density at radius 1 is 1.00 bits per heavy atom. The average Bonchev–Trinajstić information content (AvgIpc) is 2.94. The number of benzene rings is 1. The van der Waals surface area contributed by atoms with Crippen LogP contribution in [-0.2, 0) is 0 Å². The summed E-state index contributed by atoms with van der Waals surface area (Å²) in [6, 6.07) is 11.7. The molecule has 0 aliphatic carbocycles. The van der Waals surface area contributed by atoms with Gasteiger partial charge in [-0.2, -0.15) is 5.10 Å². The van der Waals surface area contributed by atoms with Crippen molar-refractivity contribution in [3.8, 4) is 5.75 Å². The predicted molar refractivity (Wildman–Crippen MR) is 74.9 cm³/mol. The summed E-state index contributed by atoms with van der Waals surface area (Å²) in [6.07, 6.45) is 7.58. The highest BCUT2D eigenvalue weighted by atomic mass is 16.5. The van der Waals surface area contributed by atoms with Crippen LogP contribution in [0.2, 0.25) is 0 Å².